The molecule has 212 valence electrons. The zero-order chi connectivity index (χ0) is 29.4. The third-order valence-corrected chi connectivity index (χ3v) is 5.95. The fraction of sp³-hybridized carbons (Fsp3) is 0.320. The minimum Gasteiger partial charge on any atom is -0.493 e. The quantitative estimate of drug-likeness (QED) is 0.144. The standard InChI is InChI=1S/C25H27N5O10/c26-25-29-21(35)19-14(11-40-22(19)30-25)6-3-12-1-4-13(5-2-12)20(34)28-16(24(38)39)7-9-17(31)27-15(23(36)37)8-10-18(32)33/h1-2,4-5,11,15-16H,3,6-10H2,(H,27,31)(H,28,34)(H,32,33)(H,36,37)(H,38,39)(H3,26,29,30,35)/t15-,16-/m0/s1. The number of carboxylic acid groups (broad SMARTS) is 3. The van der Waals surface area contributed by atoms with Gasteiger partial charge in [-0.1, -0.05) is 12.1 Å². The highest BCUT2D eigenvalue weighted by Gasteiger charge is 2.25. The van der Waals surface area contributed by atoms with E-state index in [0.717, 1.165) is 5.56 Å². The van der Waals surface area contributed by atoms with Crippen LogP contribution in [0.15, 0.2) is 34.9 Å². The molecule has 0 unspecified atom stereocenters. The number of carboxylic acids is 3. The fourth-order valence-corrected chi connectivity index (χ4v) is 3.85. The molecule has 0 saturated carbocycles. The van der Waals surface area contributed by atoms with Gasteiger partial charge in [0.1, 0.15) is 17.5 Å². The molecule has 15 nitrogen and oxygen atoms in total. The summed E-state index contributed by atoms with van der Waals surface area (Å²) in [6.07, 6.45) is 0.873. The molecule has 2 atom stereocenters. The number of nitrogens with zero attached hydrogens (tertiary/aromatic N) is 2. The first-order chi connectivity index (χ1) is 18.9. The molecule has 1 aromatic carbocycles. The predicted molar refractivity (Wildman–Crippen MR) is 136 cm³/mol. The van der Waals surface area contributed by atoms with Crippen molar-refractivity contribution in [2.24, 2.45) is 0 Å². The fourth-order valence-electron chi connectivity index (χ4n) is 3.85. The van der Waals surface area contributed by atoms with E-state index in [1.54, 1.807) is 12.1 Å². The van der Waals surface area contributed by atoms with Crippen LogP contribution < -0.4 is 16.4 Å². The van der Waals surface area contributed by atoms with Crippen LogP contribution in [0.2, 0.25) is 0 Å². The van der Waals surface area contributed by atoms with E-state index in [1.807, 2.05) is 0 Å². The second kappa shape index (κ2) is 13.0. The summed E-state index contributed by atoms with van der Waals surface area (Å²) in [5.74, 6) is -5.93. The number of aryl methyl sites for hydroxylation is 2. The molecule has 2 aromatic heterocycles. The number of anilines is 1. The van der Waals surface area contributed by atoms with Crippen molar-refractivity contribution < 1.29 is 48.8 Å². The van der Waals surface area contributed by atoms with Crippen molar-refractivity contribution in [3.63, 3.8) is 0 Å². The summed E-state index contributed by atoms with van der Waals surface area (Å²) >= 11 is 0. The maximum atomic E-state index is 12.6. The second-order valence-corrected chi connectivity index (χ2v) is 8.84. The molecular formula is C25H27N5O10. The molecule has 0 aliphatic carbocycles. The predicted octanol–water partition coefficient (Wildman–Crippen LogP) is 0.693. The number of carbonyl (C=O) groups is 5. The van der Waals surface area contributed by atoms with E-state index in [-0.39, 0.29) is 35.9 Å². The Morgan fingerprint density at radius 3 is 2.12 bits per heavy atom. The number of aromatic hydroxyl groups is 1. The van der Waals surface area contributed by atoms with E-state index in [0.29, 0.717) is 23.8 Å². The number of nitrogen functional groups attached to an aromatic ring is 1. The van der Waals surface area contributed by atoms with Gasteiger partial charge in [0.15, 0.2) is 0 Å². The van der Waals surface area contributed by atoms with Gasteiger partial charge in [-0.2, -0.15) is 9.97 Å². The Kier molecular flexibility index (Phi) is 9.56. The molecule has 2 amide bonds. The molecule has 0 aliphatic heterocycles. The van der Waals surface area contributed by atoms with Gasteiger partial charge in [0.2, 0.25) is 23.4 Å². The number of amides is 2. The largest absolute Gasteiger partial charge is 0.493 e. The Morgan fingerprint density at radius 2 is 1.50 bits per heavy atom. The van der Waals surface area contributed by atoms with Crippen LogP contribution in [0, 0.1) is 0 Å². The summed E-state index contributed by atoms with van der Waals surface area (Å²) < 4.78 is 5.32. The maximum Gasteiger partial charge on any atom is 0.326 e. The van der Waals surface area contributed by atoms with Gasteiger partial charge < -0.3 is 41.2 Å². The number of hydrogen-bond donors (Lipinski definition) is 7. The van der Waals surface area contributed by atoms with Crippen LogP contribution in [0.4, 0.5) is 5.95 Å². The summed E-state index contributed by atoms with van der Waals surface area (Å²) in [4.78, 5) is 65.9. The summed E-state index contributed by atoms with van der Waals surface area (Å²) in [7, 11) is 0. The highest BCUT2D eigenvalue weighted by molar-refractivity contribution is 5.96. The zero-order valence-corrected chi connectivity index (χ0v) is 21.0. The minimum absolute atomic E-state index is 0.118. The van der Waals surface area contributed by atoms with E-state index >= 15 is 0 Å². The second-order valence-electron chi connectivity index (χ2n) is 8.84. The average molecular weight is 558 g/mol. The Balaban J connectivity index is 1.54. The average Bonchev–Trinajstić information content (AvgIpc) is 3.30. The van der Waals surface area contributed by atoms with Crippen LogP contribution >= 0.6 is 0 Å². The normalized spacial score (nSPS) is 12.4. The van der Waals surface area contributed by atoms with Gasteiger partial charge in [0.05, 0.1) is 6.26 Å². The van der Waals surface area contributed by atoms with Crippen molar-refractivity contribution >= 4 is 46.8 Å². The molecular weight excluding hydrogens is 530 g/mol. The molecule has 40 heavy (non-hydrogen) atoms. The molecule has 0 saturated heterocycles. The lowest BCUT2D eigenvalue weighted by atomic mass is 10.0. The van der Waals surface area contributed by atoms with Crippen LogP contribution in [0.25, 0.3) is 11.1 Å². The van der Waals surface area contributed by atoms with Crippen molar-refractivity contribution in [3.05, 3.63) is 47.2 Å². The van der Waals surface area contributed by atoms with E-state index in [2.05, 4.69) is 20.6 Å². The lowest BCUT2D eigenvalue weighted by Gasteiger charge is -2.16. The first-order valence-electron chi connectivity index (χ1n) is 12.0. The number of carbonyl (C=O) groups excluding carboxylic acids is 2. The number of fused-ring (bicyclic) bond motifs is 1. The third kappa shape index (κ3) is 7.89. The molecule has 0 spiro atoms. The summed E-state index contributed by atoms with van der Waals surface area (Å²) in [6, 6.07) is 3.50. The number of hydrogen-bond acceptors (Lipinski definition) is 10. The van der Waals surface area contributed by atoms with Crippen LogP contribution in [-0.4, -0.2) is 72.2 Å². The number of aliphatic carboxylic acids is 3. The van der Waals surface area contributed by atoms with Crippen molar-refractivity contribution in [1.29, 1.82) is 0 Å². The topological polar surface area (TPSA) is 255 Å². The smallest absolute Gasteiger partial charge is 0.326 e. The number of benzene rings is 1. The Bertz CT molecular complexity index is 1420. The van der Waals surface area contributed by atoms with Gasteiger partial charge >= 0.3 is 17.9 Å². The Morgan fingerprint density at radius 1 is 0.875 bits per heavy atom. The molecule has 15 heteroatoms. The van der Waals surface area contributed by atoms with E-state index < -0.39 is 54.6 Å². The van der Waals surface area contributed by atoms with Crippen molar-refractivity contribution in [1.82, 2.24) is 20.6 Å². The van der Waals surface area contributed by atoms with E-state index in [9.17, 15) is 34.2 Å². The van der Waals surface area contributed by atoms with Gasteiger partial charge in [-0.25, -0.2) is 9.59 Å². The van der Waals surface area contributed by atoms with Crippen molar-refractivity contribution in [2.75, 3.05) is 5.73 Å². The van der Waals surface area contributed by atoms with Gasteiger partial charge in [-0.3, -0.25) is 14.4 Å². The van der Waals surface area contributed by atoms with Crippen LogP contribution in [0.5, 0.6) is 5.88 Å². The number of nitrogens with one attached hydrogen (secondary N) is 2. The molecule has 2 heterocycles. The number of furan rings is 1. The first kappa shape index (κ1) is 29.3. The Hall–Kier alpha value is -5.21. The highest BCUT2D eigenvalue weighted by atomic mass is 16.4. The molecule has 0 fully saturated rings. The highest BCUT2D eigenvalue weighted by Crippen LogP contribution is 2.28. The maximum absolute atomic E-state index is 12.6. The molecule has 0 radical (unpaired) electrons. The van der Waals surface area contributed by atoms with Crippen LogP contribution in [0.3, 0.4) is 0 Å². The summed E-state index contributed by atoms with van der Waals surface area (Å²) in [6.45, 7) is 0. The lowest BCUT2D eigenvalue weighted by molar-refractivity contribution is -0.143. The summed E-state index contributed by atoms with van der Waals surface area (Å²) in [5.41, 5.74) is 7.34. The molecule has 3 aromatic rings. The van der Waals surface area contributed by atoms with Crippen molar-refractivity contribution in [3.8, 4) is 5.88 Å². The van der Waals surface area contributed by atoms with Gasteiger partial charge in [-0.05, 0) is 43.4 Å². The SMILES string of the molecule is Nc1nc(O)c2c(CCc3ccc(C(=O)N[C@@H](CCC(=O)N[C@@H](CCC(=O)O)C(=O)O)C(=O)O)cc3)coc2n1. The van der Waals surface area contributed by atoms with E-state index in [4.69, 9.17) is 20.4 Å². The molecule has 8 N–H and O–H groups in total. The molecule has 0 bridgehead atoms. The number of nitrogens with two attached hydrogens (primary N) is 1. The van der Waals surface area contributed by atoms with Gasteiger partial charge in [0.25, 0.3) is 5.91 Å². The molecule has 3 rings (SSSR count). The number of aromatic nitrogens is 2. The van der Waals surface area contributed by atoms with Crippen LogP contribution in [0.1, 0.15) is 47.2 Å². The van der Waals surface area contributed by atoms with E-state index in [1.165, 1.54) is 18.4 Å². The Labute approximate surface area is 226 Å². The zero-order valence-electron chi connectivity index (χ0n) is 21.0. The summed E-state index contributed by atoms with van der Waals surface area (Å²) in [5, 5.41) is 42.2. The third-order valence-electron chi connectivity index (χ3n) is 5.95. The van der Waals surface area contributed by atoms with Gasteiger partial charge in [-0.15, -0.1) is 0 Å². The van der Waals surface area contributed by atoms with Crippen LogP contribution in [-0.2, 0) is 32.0 Å². The number of rotatable bonds is 14. The van der Waals surface area contributed by atoms with Gasteiger partial charge in [0, 0.05) is 24.0 Å². The first-order valence-corrected chi connectivity index (χ1v) is 12.0. The van der Waals surface area contributed by atoms with Crippen molar-refractivity contribution in [2.45, 2.75) is 50.6 Å². The monoisotopic (exact) mass is 557 g/mol. The molecule has 0 aliphatic rings. The minimum atomic E-state index is -1.44. The lowest BCUT2D eigenvalue weighted by Crippen LogP contribution is -2.44.